The summed E-state index contributed by atoms with van der Waals surface area (Å²) in [6.45, 7) is 4.15. The van der Waals surface area contributed by atoms with E-state index in [1.165, 1.54) is 205 Å². The summed E-state index contributed by atoms with van der Waals surface area (Å²) in [4.78, 5) is 38.1. The van der Waals surface area contributed by atoms with Crippen molar-refractivity contribution in [2.75, 3.05) is 47.5 Å². The van der Waals surface area contributed by atoms with Gasteiger partial charge < -0.3 is 27.9 Å². The SMILES string of the molecule is CC/C=C\C/C=C\C/C=C\C/C=C\C/C=C\C/C=C\C/C=C\C/C=C\CCCCCCCCCCC(=O)OC(COC(=O)CCCCCCCCCCCCCCCCCCCCCCC/C=C\CCCCCCCCCC)COP(=O)([O-])OCC[N+](C)(C)C. The van der Waals surface area contributed by atoms with E-state index in [4.69, 9.17) is 18.5 Å². The second-order valence-electron chi connectivity index (χ2n) is 26.3. The van der Waals surface area contributed by atoms with E-state index in [-0.39, 0.29) is 32.0 Å². The number of hydrogen-bond acceptors (Lipinski definition) is 8. The van der Waals surface area contributed by atoms with Crippen LogP contribution >= 0.6 is 7.82 Å². The Kier molecular flexibility index (Phi) is 67.4. The van der Waals surface area contributed by atoms with E-state index in [0.29, 0.717) is 17.4 Å². The second kappa shape index (κ2) is 70.0. The molecule has 0 amide bonds. The molecule has 0 rings (SSSR count). The summed E-state index contributed by atoms with van der Waals surface area (Å²) in [6, 6.07) is 0. The summed E-state index contributed by atoms with van der Waals surface area (Å²) in [5.41, 5.74) is 0. The number of hydrogen-bond donors (Lipinski definition) is 0. The number of carbonyl (C=O) groups is 2. The summed E-state index contributed by atoms with van der Waals surface area (Å²) >= 11 is 0. The fraction of sp³-hybridized carbons (Fsp3) is 0.750. The van der Waals surface area contributed by atoms with Gasteiger partial charge in [0, 0.05) is 12.8 Å². The average molecular weight is 1280 g/mol. The number of nitrogens with zero attached hydrogens (tertiary/aromatic N) is 1. The van der Waals surface area contributed by atoms with Gasteiger partial charge in [0.25, 0.3) is 7.82 Å². The third-order valence-corrected chi connectivity index (χ3v) is 17.2. The zero-order valence-corrected chi connectivity index (χ0v) is 60.2. The smallest absolute Gasteiger partial charge is 0.306 e. The maximum absolute atomic E-state index is 12.9. The highest BCUT2D eigenvalue weighted by atomic mass is 31.2. The van der Waals surface area contributed by atoms with Gasteiger partial charge in [-0.3, -0.25) is 14.2 Å². The van der Waals surface area contributed by atoms with Gasteiger partial charge in [-0.05, 0) is 103 Å². The van der Waals surface area contributed by atoms with Crippen LogP contribution in [0, 0.1) is 0 Å². The predicted molar refractivity (Wildman–Crippen MR) is 388 cm³/mol. The van der Waals surface area contributed by atoms with Crippen LogP contribution in [0.1, 0.15) is 335 Å². The molecular formula is C80H142NO8P. The molecule has 0 fully saturated rings. The number of allylic oxidation sites excluding steroid dienone is 18. The normalized spacial score (nSPS) is 13.7. The molecule has 0 aromatic carbocycles. The van der Waals surface area contributed by atoms with Gasteiger partial charge in [-0.25, -0.2) is 0 Å². The molecule has 0 aliphatic rings. The molecule has 0 N–H and O–H groups in total. The van der Waals surface area contributed by atoms with Crippen LogP contribution in [0.15, 0.2) is 109 Å². The summed E-state index contributed by atoms with van der Waals surface area (Å²) in [6.07, 6.45) is 99.0. The first-order valence-electron chi connectivity index (χ1n) is 37.6. The van der Waals surface area contributed by atoms with Gasteiger partial charge in [-0.15, -0.1) is 0 Å². The van der Waals surface area contributed by atoms with Gasteiger partial charge in [0.1, 0.15) is 19.8 Å². The van der Waals surface area contributed by atoms with Crippen molar-refractivity contribution in [3.63, 3.8) is 0 Å². The van der Waals surface area contributed by atoms with Crippen LogP contribution in [0.2, 0.25) is 0 Å². The Hall–Kier alpha value is -3.33. The maximum atomic E-state index is 12.9. The predicted octanol–water partition coefficient (Wildman–Crippen LogP) is 24.2. The molecule has 10 heteroatoms. The van der Waals surface area contributed by atoms with E-state index in [1.54, 1.807) is 0 Å². The highest BCUT2D eigenvalue weighted by molar-refractivity contribution is 7.45. The largest absolute Gasteiger partial charge is 0.756 e. The second-order valence-corrected chi connectivity index (χ2v) is 27.7. The molecule has 2 unspecified atom stereocenters. The minimum absolute atomic E-state index is 0.0361. The Morgan fingerprint density at radius 2 is 0.633 bits per heavy atom. The molecule has 90 heavy (non-hydrogen) atoms. The van der Waals surface area contributed by atoms with Crippen LogP contribution in [-0.2, 0) is 32.7 Å². The maximum Gasteiger partial charge on any atom is 0.306 e. The molecule has 2 atom stereocenters. The first-order chi connectivity index (χ1) is 44.0. The van der Waals surface area contributed by atoms with Crippen molar-refractivity contribution in [1.82, 2.24) is 0 Å². The van der Waals surface area contributed by atoms with E-state index < -0.39 is 26.5 Å². The summed E-state index contributed by atoms with van der Waals surface area (Å²) in [5.74, 6) is -0.836. The van der Waals surface area contributed by atoms with Crippen LogP contribution in [0.25, 0.3) is 0 Å². The van der Waals surface area contributed by atoms with Crippen molar-refractivity contribution >= 4 is 19.8 Å². The van der Waals surface area contributed by atoms with Gasteiger partial charge in [0.05, 0.1) is 27.7 Å². The van der Waals surface area contributed by atoms with E-state index >= 15 is 0 Å². The van der Waals surface area contributed by atoms with Crippen molar-refractivity contribution in [3.05, 3.63) is 109 Å². The molecule has 0 saturated heterocycles. The number of phosphoric ester groups is 1. The first-order valence-corrected chi connectivity index (χ1v) is 39.1. The van der Waals surface area contributed by atoms with Crippen LogP contribution < -0.4 is 4.89 Å². The third-order valence-electron chi connectivity index (χ3n) is 16.3. The minimum Gasteiger partial charge on any atom is -0.756 e. The van der Waals surface area contributed by atoms with Crippen LogP contribution in [0.5, 0.6) is 0 Å². The average Bonchev–Trinajstić information content (AvgIpc) is 3.58. The van der Waals surface area contributed by atoms with E-state index in [1.807, 2.05) is 21.1 Å². The molecule has 0 heterocycles. The molecule has 0 aliphatic carbocycles. The fourth-order valence-electron chi connectivity index (χ4n) is 10.6. The van der Waals surface area contributed by atoms with Gasteiger partial charge in [-0.2, -0.15) is 0 Å². The molecule has 0 aliphatic heterocycles. The number of phosphoric acid groups is 1. The summed E-state index contributed by atoms with van der Waals surface area (Å²) in [7, 11) is 1.16. The van der Waals surface area contributed by atoms with E-state index in [0.717, 1.165) is 96.3 Å². The quantitative estimate of drug-likeness (QED) is 0.0195. The van der Waals surface area contributed by atoms with E-state index in [9.17, 15) is 19.0 Å². The summed E-state index contributed by atoms with van der Waals surface area (Å²) in [5, 5.41) is 0. The lowest BCUT2D eigenvalue weighted by atomic mass is 10.0. The zero-order chi connectivity index (χ0) is 65.5. The van der Waals surface area contributed by atoms with Crippen LogP contribution in [0.4, 0.5) is 0 Å². The highest BCUT2D eigenvalue weighted by Crippen LogP contribution is 2.38. The van der Waals surface area contributed by atoms with Crippen molar-refractivity contribution in [1.29, 1.82) is 0 Å². The highest BCUT2D eigenvalue weighted by Gasteiger charge is 2.22. The molecule has 0 bridgehead atoms. The molecule has 9 nitrogen and oxygen atoms in total. The zero-order valence-electron chi connectivity index (χ0n) is 59.3. The minimum atomic E-state index is -4.65. The molecule has 0 aromatic rings. The number of carbonyl (C=O) groups excluding carboxylic acids is 2. The van der Waals surface area contributed by atoms with Gasteiger partial charge >= 0.3 is 11.9 Å². The van der Waals surface area contributed by atoms with Crippen molar-refractivity contribution < 1.29 is 42.1 Å². The van der Waals surface area contributed by atoms with Crippen molar-refractivity contribution in [2.45, 2.75) is 341 Å². The lowest BCUT2D eigenvalue weighted by Gasteiger charge is -2.28. The topological polar surface area (TPSA) is 111 Å². The molecule has 520 valence electrons. The Labute approximate surface area is 556 Å². The molecule has 0 saturated carbocycles. The van der Waals surface area contributed by atoms with Crippen molar-refractivity contribution in [3.8, 4) is 0 Å². The Balaban J connectivity index is 4.04. The van der Waals surface area contributed by atoms with Gasteiger partial charge in [0.15, 0.2) is 6.10 Å². The molecular weight excluding hydrogens is 1130 g/mol. The summed E-state index contributed by atoms with van der Waals surface area (Å²) < 4.78 is 34.4. The number of ether oxygens (including phenoxy) is 2. The number of likely N-dealkylation sites (N-methyl/N-ethyl adjacent to an activating group) is 1. The van der Waals surface area contributed by atoms with Crippen LogP contribution in [-0.4, -0.2) is 70.0 Å². The number of quaternary nitrogens is 1. The monoisotopic (exact) mass is 1280 g/mol. The fourth-order valence-corrected chi connectivity index (χ4v) is 11.3. The number of unbranched alkanes of at least 4 members (excludes halogenated alkanes) is 37. The number of esters is 2. The van der Waals surface area contributed by atoms with Crippen molar-refractivity contribution in [2.24, 2.45) is 0 Å². The Morgan fingerprint density at radius 3 is 0.956 bits per heavy atom. The molecule has 0 spiro atoms. The van der Waals surface area contributed by atoms with Crippen LogP contribution in [0.3, 0.4) is 0 Å². The van der Waals surface area contributed by atoms with Gasteiger partial charge in [-0.1, -0.05) is 329 Å². The lowest BCUT2D eigenvalue weighted by Crippen LogP contribution is -2.37. The third kappa shape index (κ3) is 73.7. The molecule has 0 aromatic heterocycles. The Bertz CT molecular complexity index is 1890. The standard InChI is InChI=1S/C80H142NO8P/c1-6-8-10-12-14-16-18-20-22-24-26-28-30-32-34-36-38-40-42-44-46-48-50-52-54-56-58-60-62-64-66-68-70-72-79(82)86-76-78(77-88-90(84,85)87-75-74-81(3,4)5)89-80(83)73-71-69-67-65-63-61-59-57-55-53-51-49-47-45-43-41-39-37-35-33-31-29-27-25-23-21-19-17-15-13-11-9-7-2/h9,11,15,17,21,23-24,26-27,29,33,35,39,41,45,47,51,53,78H,6-8,10,12-14,16,18-20,22,25,28,30-32,34,36-38,40,42-44,46,48-50,52,54-77H2,1-5H3/b11-9-,17-15-,23-21-,26-24-,29-27-,35-33-,41-39-,47-45-,53-51-. The van der Waals surface area contributed by atoms with Gasteiger partial charge in [0.2, 0.25) is 0 Å². The number of rotatable bonds is 69. The Morgan fingerprint density at radius 1 is 0.356 bits per heavy atom. The first kappa shape index (κ1) is 86.7. The lowest BCUT2D eigenvalue weighted by molar-refractivity contribution is -0.870. The molecule has 0 radical (unpaired) electrons. The van der Waals surface area contributed by atoms with E-state index in [2.05, 4.69) is 123 Å².